The number of nitrogens with one attached hydrogen (secondary N) is 3. The summed E-state index contributed by atoms with van der Waals surface area (Å²) in [5.41, 5.74) is 4.34. The van der Waals surface area contributed by atoms with Gasteiger partial charge in [0.25, 0.3) is 0 Å². The molecular formula is C27H33N7O2. The highest BCUT2D eigenvalue weighted by Gasteiger charge is 2.26. The van der Waals surface area contributed by atoms with Crippen LogP contribution in [0.25, 0.3) is 10.9 Å². The van der Waals surface area contributed by atoms with Gasteiger partial charge in [-0.1, -0.05) is 0 Å². The largest absolute Gasteiger partial charge is 0.497 e. The van der Waals surface area contributed by atoms with Crippen molar-refractivity contribution in [2.75, 3.05) is 44.1 Å². The summed E-state index contributed by atoms with van der Waals surface area (Å²) in [6.07, 6.45) is 3.23. The Kier molecular flexibility index (Phi) is 6.65. The van der Waals surface area contributed by atoms with Gasteiger partial charge in [-0.3, -0.25) is 5.10 Å². The fraction of sp³-hybridized carbons (Fsp3) is 0.370. The molecule has 9 nitrogen and oxygen atoms in total. The Balaban J connectivity index is 1.28. The summed E-state index contributed by atoms with van der Waals surface area (Å²) in [5, 5.41) is 15.5. The number of hydrogen-bond acceptors (Lipinski definition) is 8. The van der Waals surface area contributed by atoms with Gasteiger partial charge in [0.1, 0.15) is 23.6 Å². The van der Waals surface area contributed by atoms with Gasteiger partial charge in [-0.05, 0) is 62.6 Å². The third-order valence-electron chi connectivity index (χ3n) is 6.53. The molecule has 0 radical (unpaired) electrons. The quantitative estimate of drug-likeness (QED) is 0.342. The minimum Gasteiger partial charge on any atom is -0.497 e. The number of ether oxygens (including phenoxy) is 2. The standard InChI is InChI=1S/C27H33N7O2/c1-27(2)16-34(10-9-30-27)20-7-8-23-24(14-20)28-17-29-26(23)31-25-13-19(32-33-25)6-5-18-11-21(35-3)15-22(12-18)36-4/h7-8,11-15,17,30H,5-6,9-10,16H2,1-4H3,(H2,28,29,31,32,33). The Morgan fingerprint density at radius 3 is 2.56 bits per heavy atom. The van der Waals surface area contributed by atoms with Gasteiger partial charge in [0.2, 0.25) is 0 Å². The van der Waals surface area contributed by atoms with Crippen LogP contribution in [0.2, 0.25) is 0 Å². The van der Waals surface area contributed by atoms with E-state index < -0.39 is 0 Å². The van der Waals surface area contributed by atoms with E-state index in [-0.39, 0.29) is 5.54 Å². The van der Waals surface area contributed by atoms with Gasteiger partial charge < -0.3 is 25.0 Å². The van der Waals surface area contributed by atoms with Crippen LogP contribution < -0.4 is 25.0 Å². The highest BCUT2D eigenvalue weighted by Crippen LogP contribution is 2.28. The van der Waals surface area contributed by atoms with Crippen molar-refractivity contribution in [1.82, 2.24) is 25.5 Å². The zero-order chi connectivity index (χ0) is 25.1. The second kappa shape index (κ2) is 10.0. The number of nitrogens with zero attached hydrogens (tertiary/aromatic N) is 4. The molecule has 9 heteroatoms. The number of hydrogen-bond donors (Lipinski definition) is 3. The van der Waals surface area contributed by atoms with E-state index >= 15 is 0 Å². The number of H-pyrrole nitrogens is 1. The molecule has 1 fully saturated rings. The van der Waals surface area contributed by atoms with Gasteiger partial charge in [-0.15, -0.1) is 0 Å². The van der Waals surface area contributed by atoms with E-state index in [1.807, 2.05) is 24.3 Å². The van der Waals surface area contributed by atoms with Crippen molar-refractivity contribution in [2.45, 2.75) is 32.2 Å². The van der Waals surface area contributed by atoms with Gasteiger partial charge in [0.15, 0.2) is 5.82 Å². The molecule has 0 atom stereocenters. The molecule has 0 aliphatic carbocycles. The zero-order valence-electron chi connectivity index (χ0n) is 21.3. The van der Waals surface area contributed by atoms with E-state index in [2.05, 4.69) is 67.7 Å². The molecular weight excluding hydrogens is 454 g/mol. The lowest BCUT2D eigenvalue weighted by Gasteiger charge is -2.40. The lowest BCUT2D eigenvalue weighted by Crippen LogP contribution is -2.57. The monoisotopic (exact) mass is 487 g/mol. The maximum absolute atomic E-state index is 5.38. The summed E-state index contributed by atoms with van der Waals surface area (Å²) in [6.45, 7) is 7.36. The summed E-state index contributed by atoms with van der Waals surface area (Å²) in [7, 11) is 3.32. The van der Waals surface area contributed by atoms with Crippen molar-refractivity contribution >= 4 is 28.2 Å². The van der Waals surface area contributed by atoms with Crippen molar-refractivity contribution in [3.63, 3.8) is 0 Å². The number of anilines is 3. The lowest BCUT2D eigenvalue weighted by molar-refractivity contribution is 0.353. The van der Waals surface area contributed by atoms with Crippen molar-refractivity contribution < 1.29 is 9.47 Å². The van der Waals surface area contributed by atoms with E-state index in [1.54, 1.807) is 20.5 Å². The van der Waals surface area contributed by atoms with Crippen LogP contribution >= 0.6 is 0 Å². The molecule has 1 aliphatic heterocycles. The fourth-order valence-corrected chi connectivity index (χ4v) is 4.67. The first-order valence-corrected chi connectivity index (χ1v) is 12.2. The predicted molar refractivity (Wildman–Crippen MR) is 143 cm³/mol. The van der Waals surface area contributed by atoms with Gasteiger partial charge >= 0.3 is 0 Å². The van der Waals surface area contributed by atoms with E-state index in [9.17, 15) is 0 Å². The SMILES string of the molecule is COc1cc(CCc2cc(Nc3ncnc4cc(N5CCNC(C)(C)C5)ccc34)n[nH]2)cc(OC)c1. The van der Waals surface area contributed by atoms with E-state index in [0.717, 1.165) is 77.8 Å². The number of methoxy groups -OCH3 is 2. The Labute approximate surface area is 211 Å². The van der Waals surface area contributed by atoms with Crippen molar-refractivity contribution in [1.29, 1.82) is 0 Å². The normalized spacial score (nSPS) is 15.2. The minimum absolute atomic E-state index is 0.0852. The topological polar surface area (TPSA) is 100 Å². The predicted octanol–water partition coefficient (Wildman–Crippen LogP) is 4.09. The fourth-order valence-electron chi connectivity index (χ4n) is 4.67. The summed E-state index contributed by atoms with van der Waals surface area (Å²) < 4.78 is 10.8. The van der Waals surface area contributed by atoms with Gasteiger partial charge in [0.05, 0.1) is 19.7 Å². The molecule has 0 bridgehead atoms. The molecule has 0 unspecified atom stereocenters. The molecule has 0 spiro atoms. The molecule has 4 aromatic rings. The Hall–Kier alpha value is -3.85. The Bertz CT molecular complexity index is 1330. The number of aromatic amines is 1. The smallest absolute Gasteiger partial charge is 0.153 e. The third-order valence-corrected chi connectivity index (χ3v) is 6.53. The first kappa shape index (κ1) is 23.9. The minimum atomic E-state index is 0.0852. The number of rotatable bonds is 8. The molecule has 36 heavy (non-hydrogen) atoms. The van der Waals surface area contributed by atoms with Crippen molar-refractivity contribution in [2.24, 2.45) is 0 Å². The van der Waals surface area contributed by atoms with Crippen LogP contribution in [0, 0.1) is 0 Å². The Morgan fingerprint density at radius 1 is 1.00 bits per heavy atom. The lowest BCUT2D eigenvalue weighted by atomic mass is 10.0. The first-order chi connectivity index (χ1) is 17.4. The number of benzene rings is 2. The van der Waals surface area contributed by atoms with Gasteiger partial charge in [0, 0.05) is 54.1 Å². The van der Waals surface area contributed by atoms with Crippen LogP contribution in [0.4, 0.5) is 17.3 Å². The number of piperazine rings is 1. The molecule has 5 rings (SSSR count). The van der Waals surface area contributed by atoms with E-state index in [1.165, 1.54) is 5.69 Å². The molecule has 2 aromatic carbocycles. The summed E-state index contributed by atoms with van der Waals surface area (Å²) in [4.78, 5) is 11.4. The average Bonchev–Trinajstić information content (AvgIpc) is 3.33. The van der Waals surface area contributed by atoms with E-state index in [4.69, 9.17) is 9.47 Å². The summed E-state index contributed by atoms with van der Waals surface area (Å²) >= 11 is 0. The maximum atomic E-state index is 5.38. The highest BCUT2D eigenvalue weighted by molar-refractivity contribution is 5.92. The second-order valence-electron chi connectivity index (χ2n) is 9.78. The van der Waals surface area contributed by atoms with E-state index in [0.29, 0.717) is 0 Å². The third kappa shape index (κ3) is 5.36. The zero-order valence-corrected chi connectivity index (χ0v) is 21.3. The van der Waals surface area contributed by atoms with Gasteiger partial charge in [-0.2, -0.15) is 5.10 Å². The van der Waals surface area contributed by atoms with Crippen LogP contribution in [-0.4, -0.2) is 59.6 Å². The van der Waals surface area contributed by atoms with Crippen LogP contribution in [-0.2, 0) is 12.8 Å². The molecule has 1 aliphatic rings. The molecule has 0 saturated carbocycles. The first-order valence-electron chi connectivity index (χ1n) is 12.2. The molecule has 3 N–H and O–H groups in total. The molecule has 188 valence electrons. The summed E-state index contributed by atoms with van der Waals surface area (Å²) in [5.74, 6) is 3.04. The highest BCUT2D eigenvalue weighted by atomic mass is 16.5. The van der Waals surface area contributed by atoms with Crippen LogP contribution in [0.15, 0.2) is 48.8 Å². The summed E-state index contributed by atoms with van der Waals surface area (Å²) in [6, 6.07) is 14.3. The number of aromatic nitrogens is 4. The van der Waals surface area contributed by atoms with Crippen LogP contribution in [0.3, 0.4) is 0 Å². The maximum Gasteiger partial charge on any atom is 0.153 e. The van der Waals surface area contributed by atoms with Crippen LogP contribution in [0.1, 0.15) is 25.1 Å². The Morgan fingerprint density at radius 2 is 1.81 bits per heavy atom. The van der Waals surface area contributed by atoms with Crippen LogP contribution in [0.5, 0.6) is 11.5 Å². The molecule has 1 saturated heterocycles. The number of fused-ring (bicyclic) bond motifs is 1. The second-order valence-corrected chi connectivity index (χ2v) is 9.78. The average molecular weight is 488 g/mol. The molecule has 2 aromatic heterocycles. The number of aryl methyl sites for hydroxylation is 2. The van der Waals surface area contributed by atoms with Gasteiger partial charge in [-0.25, -0.2) is 9.97 Å². The molecule has 3 heterocycles. The van der Waals surface area contributed by atoms with Crippen molar-refractivity contribution in [3.8, 4) is 11.5 Å². The molecule has 0 amide bonds. The van der Waals surface area contributed by atoms with Crippen molar-refractivity contribution in [3.05, 3.63) is 60.0 Å².